The zero-order valence-electron chi connectivity index (χ0n) is 14.1. The summed E-state index contributed by atoms with van der Waals surface area (Å²) in [5.41, 5.74) is -0.260. The minimum Gasteiger partial charge on any atom is -0.348 e. The summed E-state index contributed by atoms with van der Waals surface area (Å²) in [7, 11) is 0. The average molecular weight is 378 g/mol. The fraction of sp³-hybridized carbons (Fsp3) is 0.167. The number of carbonyl (C=O) groups is 1. The van der Waals surface area contributed by atoms with Gasteiger partial charge in [0, 0.05) is 18.9 Å². The minimum atomic E-state index is -4.58. The zero-order chi connectivity index (χ0) is 19.6. The van der Waals surface area contributed by atoms with Gasteiger partial charge in [0.15, 0.2) is 0 Å². The Kier molecular flexibility index (Phi) is 4.93. The molecule has 0 unspecified atom stereocenters. The van der Waals surface area contributed by atoms with Gasteiger partial charge in [-0.3, -0.25) is 4.79 Å². The van der Waals surface area contributed by atoms with Crippen LogP contribution in [0, 0.1) is 12.7 Å². The topological polar surface area (TPSA) is 59.8 Å². The van der Waals surface area contributed by atoms with Gasteiger partial charge in [-0.2, -0.15) is 13.2 Å². The number of hydrogen-bond acceptors (Lipinski definition) is 3. The molecule has 0 saturated carbocycles. The van der Waals surface area contributed by atoms with Gasteiger partial charge in [-0.15, -0.1) is 0 Å². The van der Waals surface area contributed by atoms with Crippen molar-refractivity contribution in [2.75, 3.05) is 0 Å². The van der Waals surface area contributed by atoms with E-state index in [1.54, 1.807) is 18.3 Å². The SMILES string of the molecule is Cc1nc(C(F)(F)F)ccc1C(=O)NCc1ccc(-n2ccnc2)c(F)c1. The highest BCUT2D eigenvalue weighted by molar-refractivity contribution is 5.95. The summed E-state index contributed by atoms with van der Waals surface area (Å²) in [5.74, 6) is -1.08. The molecule has 0 spiro atoms. The molecule has 0 saturated heterocycles. The summed E-state index contributed by atoms with van der Waals surface area (Å²) >= 11 is 0. The van der Waals surface area contributed by atoms with E-state index in [4.69, 9.17) is 0 Å². The number of rotatable bonds is 4. The molecule has 0 aliphatic rings. The molecule has 0 bridgehead atoms. The third kappa shape index (κ3) is 4.13. The van der Waals surface area contributed by atoms with Crippen molar-refractivity contribution in [2.45, 2.75) is 19.6 Å². The fourth-order valence-electron chi connectivity index (χ4n) is 2.51. The number of aromatic nitrogens is 3. The molecule has 0 fully saturated rings. The van der Waals surface area contributed by atoms with Crippen molar-refractivity contribution < 1.29 is 22.4 Å². The number of hydrogen-bond donors (Lipinski definition) is 1. The molecule has 0 aliphatic carbocycles. The number of carbonyl (C=O) groups excluding carboxylic acids is 1. The second kappa shape index (κ2) is 7.18. The Labute approximate surface area is 151 Å². The van der Waals surface area contributed by atoms with E-state index in [-0.39, 0.29) is 17.8 Å². The lowest BCUT2D eigenvalue weighted by Crippen LogP contribution is -2.24. The number of amides is 1. The van der Waals surface area contributed by atoms with Crippen LogP contribution in [0.1, 0.15) is 27.3 Å². The summed E-state index contributed by atoms with van der Waals surface area (Å²) < 4.78 is 53.6. The molecule has 2 aromatic heterocycles. The molecule has 1 N–H and O–H groups in total. The quantitative estimate of drug-likeness (QED) is 0.705. The van der Waals surface area contributed by atoms with Gasteiger partial charge in [0.25, 0.3) is 5.91 Å². The lowest BCUT2D eigenvalue weighted by Gasteiger charge is -2.11. The van der Waals surface area contributed by atoms with Gasteiger partial charge < -0.3 is 9.88 Å². The molecule has 9 heteroatoms. The standard InChI is InChI=1S/C18H14F4N4O/c1-11-13(3-5-16(25-11)18(20,21)22)17(27)24-9-12-2-4-15(14(19)8-12)26-7-6-23-10-26/h2-8,10H,9H2,1H3,(H,24,27). The van der Waals surface area contributed by atoms with Gasteiger partial charge in [0.2, 0.25) is 0 Å². The van der Waals surface area contributed by atoms with Gasteiger partial charge in [0.05, 0.1) is 23.3 Å². The Morgan fingerprint density at radius 1 is 1.22 bits per heavy atom. The molecule has 1 amide bonds. The molecule has 3 rings (SSSR count). The largest absolute Gasteiger partial charge is 0.433 e. The molecule has 0 radical (unpaired) electrons. The predicted molar refractivity (Wildman–Crippen MR) is 88.7 cm³/mol. The smallest absolute Gasteiger partial charge is 0.348 e. The molecule has 5 nitrogen and oxygen atoms in total. The second-order valence-electron chi connectivity index (χ2n) is 5.77. The monoisotopic (exact) mass is 378 g/mol. The van der Waals surface area contributed by atoms with Crippen LogP contribution in [0.4, 0.5) is 17.6 Å². The number of halogens is 4. The van der Waals surface area contributed by atoms with Crippen LogP contribution in [0.2, 0.25) is 0 Å². The Hall–Kier alpha value is -3.23. The van der Waals surface area contributed by atoms with Crippen LogP contribution in [0.15, 0.2) is 49.1 Å². The summed E-state index contributed by atoms with van der Waals surface area (Å²) in [6.45, 7) is 1.34. The van der Waals surface area contributed by atoms with E-state index < -0.39 is 23.6 Å². The maximum Gasteiger partial charge on any atom is 0.433 e. The van der Waals surface area contributed by atoms with E-state index >= 15 is 0 Å². The Balaban J connectivity index is 1.70. The first kappa shape index (κ1) is 18.6. The van der Waals surface area contributed by atoms with Crippen molar-refractivity contribution in [3.63, 3.8) is 0 Å². The van der Waals surface area contributed by atoms with Crippen LogP contribution in [0.25, 0.3) is 5.69 Å². The van der Waals surface area contributed by atoms with Crippen LogP contribution in [-0.2, 0) is 12.7 Å². The van der Waals surface area contributed by atoms with Crippen LogP contribution < -0.4 is 5.32 Å². The molecule has 3 aromatic rings. The van der Waals surface area contributed by atoms with Crippen LogP contribution in [-0.4, -0.2) is 20.4 Å². The molecular formula is C18H14F4N4O. The van der Waals surface area contributed by atoms with E-state index in [9.17, 15) is 22.4 Å². The molecule has 140 valence electrons. The Morgan fingerprint density at radius 3 is 2.59 bits per heavy atom. The highest BCUT2D eigenvalue weighted by atomic mass is 19.4. The van der Waals surface area contributed by atoms with Crippen molar-refractivity contribution in [3.8, 4) is 5.69 Å². The number of nitrogens with one attached hydrogen (secondary N) is 1. The van der Waals surface area contributed by atoms with Gasteiger partial charge in [-0.25, -0.2) is 14.4 Å². The lowest BCUT2D eigenvalue weighted by atomic mass is 10.1. The summed E-state index contributed by atoms with van der Waals surface area (Å²) in [6.07, 6.45) is 0.00275. The van der Waals surface area contributed by atoms with Gasteiger partial charge in [0.1, 0.15) is 11.5 Å². The first-order chi connectivity index (χ1) is 12.8. The molecular weight excluding hydrogens is 364 g/mol. The van der Waals surface area contributed by atoms with E-state index in [1.807, 2.05) is 0 Å². The van der Waals surface area contributed by atoms with Crippen molar-refractivity contribution in [1.82, 2.24) is 19.9 Å². The average Bonchev–Trinajstić information content (AvgIpc) is 3.13. The van der Waals surface area contributed by atoms with Crippen LogP contribution in [0.3, 0.4) is 0 Å². The minimum absolute atomic E-state index is 0.0143. The summed E-state index contributed by atoms with van der Waals surface area (Å²) in [5, 5.41) is 2.55. The first-order valence-corrected chi connectivity index (χ1v) is 7.85. The van der Waals surface area contributed by atoms with Gasteiger partial charge in [-0.1, -0.05) is 6.07 Å². The number of benzene rings is 1. The highest BCUT2D eigenvalue weighted by Gasteiger charge is 2.33. The maximum atomic E-state index is 14.2. The van der Waals surface area contributed by atoms with Crippen molar-refractivity contribution in [3.05, 3.63) is 77.4 Å². The maximum absolute atomic E-state index is 14.2. The highest BCUT2D eigenvalue weighted by Crippen LogP contribution is 2.28. The molecule has 0 aliphatic heterocycles. The fourth-order valence-corrected chi connectivity index (χ4v) is 2.51. The zero-order valence-corrected chi connectivity index (χ0v) is 14.1. The third-order valence-corrected chi connectivity index (χ3v) is 3.87. The summed E-state index contributed by atoms with van der Waals surface area (Å²) in [6, 6.07) is 6.28. The van der Waals surface area contributed by atoms with Crippen molar-refractivity contribution in [2.24, 2.45) is 0 Å². The van der Waals surface area contributed by atoms with Crippen molar-refractivity contribution in [1.29, 1.82) is 0 Å². The van der Waals surface area contributed by atoms with Crippen molar-refractivity contribution >= 4 is 5.91 Å². The van der Waals surface area contributed by atoms with E-state index in [1.165, 1.54) is 30.1 Å². The van der Waals surface area contributed by atoms with Crippen LogP contribution in [0.5, 0.6) is 0 Å². The molecule has 1 aromatic carbocycles. The predicted octanol–water partition coefficient (Wildman–Crippen LogP) is 3.66. The number of alkyl halides is 3. The number of nitrogens with zero attached hydrogens (tertiary/aromatic N) is 3. The number of pyridine rings is 1. The van der Waals surface area contributed by atoms with Crippen LogP contribution >= 0.6 is 0 Å². The number of imidazole rings is 1. The van der Waals surface area contributed by atoms with Gasteiger partial charge >= 0.3 is 6.18 Å². The molecule has 27 heavy (non-hydrogen) atoms. The summed E-state index contributed by atoms with van der Waals surface area (Å²) in [4.78, 5) is 19.5. The third-order valence-electron chi connectivity index (χ3n) is 3.87. The van der Waals surface area contributed by atoms with E-state index in [2.05, 4.69) is 15.3 Å². The number of aryl methyl sites for hydroxylation is 1. The van der Waals surface area contributed by atoms with E-state index in [0.29, 0.717) is 11.3 Å². The Morgan fingerprint density at radius 2 is 2.00 bits per heavy atom. The molecule has 2 heterocycles. The van der Waals surface area contributed by atoms with E-state index in [0.717, 1.165) is 12.1 Å². The normalized spacial score (nSPS) is 11.4. The second-order valence-corrected chi connectivity index (χ2v) is 5.77. The molecule has 0 atom stereocenters. The van der Waals surface area contributed by atoms with Gasteiger partial charge in [-0.05, 0) is 36.8 Å². The lowest BCUT2D eigenvalue weighted by molar-refractivity contribution is -0.141. The first-order valence-electron chi connectivity index (χ1n) is 7.85. The Bertz CT molecular complexity index is 968.